The Bertz CT molecular complexity index is 240. The van der Waals surface area contributed by atoms with Crippen molar-refractivity contribution in [2.45, 2.75) is 60.0 Å². The Morgan fingerprint density at radius 3 is 2.44 bits per heavy atom. The Morgan fingerprint density at radius 2 is 1.94 bits per heavy atom. The highest BCUT2D eigenvalue weighted by atomic mass is 16.3. The minimum atomic E-state index is -0.238. The van der Waals surface area contributed by atoms with Gasteiger partial charge in [0.25, 0.3) is 0 Å². The van der Waals surface area contributed by atoms with E-state index in [2.05, 4.69) is 39.8 Å². The lowest BCUT2D eigenvalue weighted by molar-refractivity contribution is 0.120. The Hall–Kier alpha value is -0.300. The second-order valence-electron chi connectivity index (χ2n) is 6.37. The first-order valence-corrected chi connectivity index (χ1v) is 6.71. The van der Waals surface area contributed by atoms with E-state index in [9.17, 15) is 5.11 Å². The number of hydrogen-bond donors (Lipinski definition) is 1. The molecule has 1 rings (SSSR count). The number of hydrogen-bond acceptors (Lipinski definition) is 1. The van der Waals surface area contributed by atoms with Crippen molar-refractivity contribution in [3.8, 4) is 0 Å². The molecule has 1 nitrogen and oxygen atoms in total. The van der Waals surface area contributed by atoms with Gasteiger partial charge in [-0.2, -0.15) is 0 Å². The zero-order valence-corrected chi connectivity index (χ0v) is 11.5. The average molecular weight is 224 g/mol. The van der Waals surface area contributed by atoms with E-state index in [-0.39, 0.29) is 12.0 Å². The first kappa shape index (κ1) is 13.8. The molecule has 0 aromatic rings. The second kappa shape index (κ2) is 5.35. The Balaban J connectivity index is 2.69. The normalized spacial score (nSPS) is 33.9. The maximum Gasteiger partial charge on any atom is 0.0572 e. The SMILES string of the molecule is CC(O)C(C)/C=C/C1C(C)CCCC1(C)C. The zero-order valence-electron chi connectivity index (χ0n) is 11.5. The molecule has 4 unspecified atom stereocenters. The molecule has 16 heavy (non-hydrogen) atoms. The molecule has 1 heteroatoms. The van der Waals surface area contributed by atoms with E-state index in [1.165, 1.54) is 19.3 Å². The zero-order chi connectivity index (χ0) is 12.3. The molecule has 0 radical (unpaired) electrons. The summed E-state index contributed by atoms with van der Waals surface area (Å²) in [4.78, 5) is 0. The fourth-order valence-electron chi connectivity index (χ4n) is 2.90. The van der Waals surface area contributed by atoms with Crippen LogP contribution < -0.4 is 0 Å². The van der Waals surface area contributed by atoms with Crippen LogP contribution in [0.25, 0.3) is 0 Å². The fourth-order valence-corrected chi connectivity index (χ4v) is 2.90. The fraction of sp³-hybridized carbons (Fsp3) is 0.867. The Labute approximate surface area is 101 Å². The minimum absolute atomic E-state index is 0.238. The smallest absolute Gasteiger partial charge is 0.0572 e. The summed E-state index contributed by atoms with van der Waals surface area (Å²) in [5.74, 6) is 1.72. The molecule has 4 atom stereocenters. The van der Waals surface area contributed by atoms with Crippen LogP contribution in [0.15, 0.2) is 12.2 Å². The van der Waals surface area contributed by atoms with Crippen molar-refractivity contribution in [3.05, 3.63) is 12.2 Å². The van der Waals surface area contributed by atoms with Gasteiger partial charge in [-0.15, -0.1) is 0 Å². The monoisotopic (exact) mass is 224 g/mol. The molecule has 1 N–H and O–H groups in total. The largest absolute Gasteiger partial charge is 0.393 e. The molecule has 1 saturated carbocycles. The lowest BCUT2D eigenvalue weighted by Crippen LogP contribution is -2.32. The van der Waals surface area contributed by atoms with E-state index in [0.29, 0.717) is 11.3 Å². The van der Waals surface area contributed by atoms with Crippen LogP contribution in [0, 0.1) is 23.2 Å². The van der Waals surface area contributed by atoms with Crippen LogP contribution in [-0.4, -0.2) is 11.2 Å². The minimum Gasteiger partial charge on any atom is -0.393 e. The van der Waals surface area contributed by atoms with Crippen LogP contribution in [0.5, 0.6) is 0 Å². The molecule has 1 aliphatic carbocycles. The predicted molar refractivity (Wildman–Crippen MR) is 70.3 cm³/mol. The van der Waals surface area contributed by atoms with Gasteiger partial charge in [0, 0.05) is 0 Å². The number of rotatable bonds is 3. The summed E-state index contributed by atoms with van der Waals surface area (Å²) in [6, 6.07) is 0. The second-order valence-corrected chi connectivity index (χ2v) is 6.37. The van der Waals surface area contributed by atoms with Gasteiger partial charge >= 0.3 is 0 Å². The number of allylic oxidation sites excluding steroid dienone is 1. The van der Waals surface area contributed by atoms with E-state index in [1.54, 1.807) is 0 Å². The lowest BCUT2D eigenvalue weighted by atomic mass is 9.64. The first-order chi connectivity index (χ1) is 7.34. The van der Waals surface area contributed by atoms with Crippen molar-refractivity contribution in [2.24, 2.45) is 23.2 Å². The van der Waals surface area contributed by atoms with E-state index in [0.717, 1.165) is 5.92 Å². The van der Waals surface area contributed by atoms with Crippen molar-refractivity contribution in [3.63, 3.8) is 0 Å². The van der Waals surface area contributed by atoms with Gasteiger partial charge in [-0.3, -0.25) is 0 Å². The topological polar surface area (TPSA) is 20.2 Å². The molecule has 0 aromatic carbocycles. The van der Waals surface area contributed by atoms with E-state index in [4.69, 9.17) is 0 Å². The Morgan fingerprint density at radius 1 is 1.31 bits per heavy atom. The standard InChI is InChI=1S/C15H28O/c1-11(13(3)16)8-9-14-12(2)7-6-10-15(14,4)5/h8-9,11-14,16H,6-7,10H2,1-5H3/b9-8+. The molecule has 1 aliphatic rings. The van der Waals surface area contributed by atoms with E-state index < -0.39 is 0 Å². The molecule has 1 fully saturated rings. The van der Waals surface area contributed by atoms with Gasteiger partial charge in [0.1, 0.15) is 0 Å². The highest BCUT2D eigenvalue weighted by Gasteiger charge is 2.34. The molecule has 94 valence electrons. The summed E-state index contributed by atoms with van der Waals surface area (Å²) in [5.41, 5.74) is 0.423. The molecule has 0 aliphatic heterocycles. The maximum atomic E-state index is 9.50. The quantitative estimate of drug-likeness (QED) is 0.718. The summed E-state index contributed by atoms with van der Waals surface area (Å²) in [7, 11) is 0. The summed E-state index contributed by atoms with van der Waals surface area (Å²) >= 11 is 0. The van der Waals surface area contributed by atoms with Gasteiger partial charge in [-0.25, -0.2) is 0 Å². The highest BCUT2D eigenvalue weighted by molar-refractivity contribution is 5.01. The van der Waals surface area contributed by atoms with E-state index >= 15 is 0 Å². The van der Waals surface area contributed by atoms with Crippen LogP contribution in [-0.2, 0) is 0 Å². The summed E-state index contributed by atoms with van der Waals surface area (Å²) in [5, 5.41) is 9.50. The van der Waals surface area contributed by atoms with Crippen LogP contribution in [0.3, 0.4) is 0 Å². The van der Waals surface area contributed by atoms with Gasteiger partial charge in [0.05, 0.1) is 6.10 Å². The molecule has 0 amide bonds. The predicted octanol–water partition coefficient (Wildman–Crippen LogP) is 4.02. The lowest BCUT2D eigenvalue weighted by Gasteiger charge is -2.41. The van der Waals surface area contributed by atoms with Gasteiger partial charge in [-0.05, 0) is 36.5 Å². The molecule has 0 aromatic heterocycles. The third-order valence-electron chi connectivity index (χ3n) is 4.38. The third-order valence-corrected chi connectivity index (χ3v) is 4.38. The molecule has 0 heterocycles. The summed E-state index contributed by atoms with van der Waals surface area (Å²) in [6.07, 6.45) is 8.37. The van der Waals surface area contributed by atoms with Crippen LogP contribution in [0.1, 0.15) is 53.9 Å². The van der Waals surface area contributed by atoms with Gasteiger partial charge in [0.2, 0.25) is 0 Å². The maximum absolute atomic E-state index is 9.50. The van der Waals surface area contributed by atoms with E-state index in [1.807, 2.05) is 6.92 Å². The van der Waals surface area contributed by atoms with Gasteiger partial charge in [0.15, 0.2) is 0 Å². The molecular weight excluding hydrogens is 196 g/mol. The van der Waals surface area contributed by atoms with Crippen molar-refractivity contribution >= 4 is 0 Å². The van der Waals surface area contributed by atoms with Crippen LogP contribution >= 0.6 is 0 Å². The van der Waals surface area contributed by atoms with Crippen molar-refractivity contribution in [1.82, 2.24) is 0 Å². The molecular formula is C15H28O. The number of aliphatic hydroxyl groups excluding tert-OH is 1. The van der Waals surface area contributed by atoms with Crippen molar-refractivity contribution < 1.29 is 5.11 Å². The molecule has 0 bridgehead atoms. The summed E-state index contributed by atoms with van der Waals surface area (Å²) in [6.45, 7) is 11.1. The molecule has 0 saturated heterocycles. The average Bonchev–Trinajstić information content (AvgIpc) is 2.15. The van der Waals surface area contributed by atoms with Crippen molar-refractivity contribution in [2.75, 3.05) is 0 Å². The highest BCUT2D eigenvalue weighted by Crippen LogP contribution is 2.44. The third kappa shape index (κ3) is 3.35. The van der Waals surface area contributed by atoms with Crippen LogP contribution in [0.2, 0.25) is 0 Å². The van der Waals surface area contributed by atoms with Gasteiger partial charge < -0.3 is 5.11 Å². The van der Waals surface area contributed by atoms with Crippen LogP contribution in [0.4, 0.5) is 0 Å². The number of aliphatic hydroxyl groups is 1. The first-order valence-electron chi connectivity index (χ1n) is 6.71. The Kier molecular flexibility index (Phi) is 4.61. The van der Waals surface area contributed by atoms with Gasteiger partial charge in [-0.1, -0.05) is 52.7 Å². The van der Waals surface area contributed by atoms with Crippen molar-refractivity contribution in [1.29, 1.82) is 0 Å². The molecule has 0 spiro atoms. The summed E-state index contributed by atoms with van der Waals surface area (Å²) < 4.78 is 0.